The maximum Gasteiger partial charge on any atom is 0.384 e. The molecule has 0 bridgehead atoms. The fourth-order valence-corrected chi connectivity index (χ4v) is 3.53. The predicted octanol–water partition coefficient (Wildman–Crippen LogP) is 6.31. The Kier molecular flexibility index (Phi) is 6.22. The third-order valence-electron chi connectivity index (χ3n) is 5.97. The molecule has 2 saturated carbocycles. The molecule has 2 nitrogen and oxygen atoms in total. The second kappa shape index (κ2) is 7.35. The third-order valence-corrected chi connectivity index (χ3v) is 5.97. The van der Waals surface area contributed by atoms with E-state index in [0.29, 0.717) is 0 Å². The van der Waals surface area contributed by atoms with E-state index in [4.69, 9.17) is 0 Å². The van der Waals surface area contributed by atoms with Crippen molar-refractivity contribution in [3.63, 3.8) is 0 Å². The van der Waals surface area contributed by atoms with Gasteiger partial charge in [-0.15, -0.1) is 0 Å². The minimum atomic E-state index is -8.23. The van der Waals surface area contributed by atoms with Crippen molar-refractivity contribution in [3.8, 4) is 0 Å². The van der Waals surface area contributed by atoms with Crippen molar-refractivity contribution >= 4 is 11.6 Å². The van der Waals surface area contributed by atoms with Gasteiger partial charge < -0.3 is 0 Å². The van der Waals surface area contributed by atoms with Gasteiger partial charge in [-0.3, -0.25) is 9.59 Å². The molecule has 0 amide bonds. The van der Waals surface area contributed by atoms with Gasteiger partial charge in [0.1, 0.15) is 0 Å². The first kappa shape index (κ1) is 33.0. The highest BCUT2D eigenvalue weighted by Gasteiger charge is 3.04. The van der Waals surface area contributed by atoms with E-state index in [1.165, 1.54) is 0 Å². The summed E-state index contributed by atoms with van der Waals surface area (Å²) >= 11 is 0. The van der Waals surface area contributed by atoms with Gasteiger partial charge in [-0.2, -0.15) is 87.8 Å². The molecule has 0 aliphatic heterocycles. The van der Waals surface area contributed by atoms with Crippen LogP contribution in [0.5, 0.6) is 0 Å². The summed E-state index contributed by atoms with van der Waals surface area (Å²) in [7, 11) is 0. The van der Waals surface area contributed by atoms with Crippen LogP contribution in [-0.4, -0.2) is 82.1 Å². The molecule has 0 saturated heterocycles. The van der Waals surface area contributed by atoms with Gasteiger partial charge in [0.15, 0.2) is 11.6 Å². The minimum Gasteiger partial charge on any atom is -0.295 e. The second-order valence-corrected chi connectivity index (χ2v) is 8.08. The molecule has 39 heavy (non-hydrogen) atoms. The summed E-state index contributed by atoms with van der Waals surface area (Å²) in [4.78, 5) is 23.1. The van der Waals surface area contributed by atoms with Crippen molar-refractivity contribution in [1.29, 1.82) is 0 Å². The second-order valence-electron chi connectivity index (χ2n) is 8.08. The molecule has 0 radical (unpaired) electrons. The SMILES string of the molecule is O=C(CC(=O)C1(F)C(F)(F)C(F)(F)C(F)(F)C(F)(F)C1(F)F)C1(F)C(F)(F)C(F)(F)C(F)(F)C(F)(F)C1(F)F. The molecule has 0 heterocycles. The summed E-state index contributed by atoms with van der Waals surface area (Å²) in [6, 6.07) is 0. The van der Waals surface area contributed by atoms with Crippen LogP contribution in [0.1, 0.15) is 6.42 Å². The number of alkyl halides is 22. The van der Waals surface area contributed by atoms with Gasteiger partial charge in [0.05, 0.1) is 6.42 Å². The van der Waals surface area contributed by atoms with Crippen molar-refractivity contribution in [2.24, 2.45) is 0 Å². The van der Waals surface area contributed by atoms with E-state index >= 15 is 0 Å². The Morgan fingerprint density at radius 2 is 0.410 bits per heavy atom. The fraction of sp³-hybridized carbons (Fsp3) is 0.867. The highest BCUT2D eigenvalue weighted by atomic mass is 19.4. The van der Waals surface area contributed by atoms with Crippen molar-refractivity contribution in [3.05, 3.63) is 0 Å². The van der Waals surface area contributed by atoms with E-state index in [1.54, 1.807) is 0 Å². The molecular formula is C15H2F22O2. The van der Waals surface area contributed by atoms with E-state index in [2.05, 4.69) is 0 Å². The van der Waals surface area contributed by atoms with Gasteiger partial charge in [0, 0.05) is 0 Å². The van der Waals surface area contributed by atoms with Gasteiger partial charge in [-0.05, 0) is 0 Å². The lowest BCUT2D eigenvalue weighted by Gasteiger charge is -2.52. The molecule has 2 aliphatic rings. The summed E-state index contributed by atoms with van der Waals surface area (Å²) in [6.07, 6.45) is -4.50. The average Bonchev–Trinajstić information content (AvgIpc) is 2.74. The first-order chi connectivity index (χ1) is 16.5. The minimum absolute atomic E-state index is 4.50. The summed E-state index contributed by atoms with van der Waals surface area (Å²) in [5.74, 6) is -91.4. The van der Waals surface area contributed by atoms with Gasteiger partial charge in [0.2, 0.25) is 0 Å². The Morgan fingerprint density at radius 1 is 0.282 bits per heavy atom. The van der Waals surface area contributed by atoms with Crippen LogP contribution in [-0.2, 0) is 9.59 Å². The van der Waals surface area contributed by atoms with Crippen LogP contribution in [0.15, 0.2) is 0 Å². The number of hydrogen-bond acceptors (Lipinski definition) is 2. The Balaban J connectivity index is 2.82. The number of carbonyl (C=O) groups is 2. The number of halogens is 22. The molecular weight excluding hydrogens is 630 g/mol. The Morgan fingerprint density at radius 3 is 0.564 bits per heavy atom. The van der Waals surface area contributed by atoms with Crippen LogP contribution in [0.2, 0.25) is 0 Å². The van der Waals surface area contributed by atoms with Crippen molar-refractivity contribution < 1.29 is 106 Å². The van der Waals surface area contributed by atoms with E-state index in [1.807, 2.05) is 0 Å². The van der Waals surface area contributed by atoms with E-state index in [0.717, 1.165) is 0 Å². The molecule has 0 aromatic heterocycles. The topological polar surface area (TPSA) is 34.1 Å². The van der Waals surface area contributed by atoms with Gasteiger partial charge in [0.25, 0.3) is 0 Å². The largest absolute Gasteiger partial charge is 0.384 e. The summed E-state index contributed by atoms with van der Waals surface area (Å²) < 4.78 is 299. The van der Waals surface area contributed by atoms with Crippen LogP contribution < -0.4 is 0 Å². The zero-order valence-electron chi connectivity index (χ0n) is 16.8. The Hall–Kier alpha value is -2.20. The van der Waals surface area contributed by atoms with Crippen LogP contribution in [0.4, 0.5) is 96.6 Å². The van der Waals surface area contributed by atoms with Crippen LogP contribution in [0.3, 0.4) is 0 Å². The van der Waals surface area contributed by atoms with Gasteiger partial charge in [-0.25, -0.2) is 8.78 Å². The quantitative estimate of drug-likeness (QED) is 0.269. The first-order valence-corrected chi connectivity index (χ1v) is 8.77. The lowest BCUT2D eigenvalue weighted by Crippen LogP contribution is -2.86. The molecule has 0 atom stereocenters. The van der Waals surface area contributed by atoms with Crippen LogP contribution in [0.25, 0.3) is 0 Å². The summed E-state index contributed by atoms with van der Waals surface area (Å²) in [5.41, 5.74) is -16.0. The molecule has 2 fully saturated rings. The molecule has 24 heteroatoms. The molecule has 0 spiro atoms. The first-order valence-electron chi connectivity index (χ1n) is 8.77. The van der Waals surface area contributed by atoms with Crippen molar-refractivity contribution in [2.75, 3.05) is 0 Å². The molecule has 0 aromatic rings. The fourth-order valence-electron chi connectivity index (χ4n) is 3.53. The molecule has 228 valence electrons. The highest BCUT2D eigenvalue weighted by molar-refractivity contribution is 6.08. The maximum atomic E-state index is 14.5. The van der Waals surface area contributed by atoms with Crippen molar-refractivity contribution in [2.45, 2.75) is 77.0 Å². The van der Waals surface area contributed by atoms with Crippen LogP contribution in [0, 0.1) is 0 Å². The van der Waals surface area contributed by atoms with E-state index in [-0.39, 0.29) is 0 Å². The molecule has 0 unspecified atom stereocenters. The molecule has 2 rings (SSSR count). The number of Topliss-reactive ketones (excluding diaryl/α,β-unsaturated/α-hetero) is 2. The predicted molar refractivity (Wildman–Crippen MR) is 71.8 cm³/mol. The summed E-state index contributed by atoms with van der Waals surface area (Å²) in [5, 5.41) is 0. The van der Waals surface area contributed by atoms with E-state index < -0.39 is 88.6 Å². The average molecular weight is 632 g/mol. The lowest BCUT2D eigenvalue weighted by atomic mass is 9.66. The van der Waals surface area contributed by atoms with Crippen LogP contribution >= 0.6 is 0 Å². The lowest BCUT2D eigenvalue weighted by molar-refractivity contribution is -0.477. The smallest absolute Gasteiger partial charge is 0.295 e. The Labute approximate surface area is 196 Å². The maximum absolute atomic E-state index is 14.5. The Bertz CT molecular complexity index is 941. The number of hydrogen-bond donors (Lipinski definition) is 0. The standard InChI is InChI=1S/C15H2F22O2/c16-4(6(18,19)10(26,27)14(34,35)11(28,29)7(4,20)21)2(38)1-3(39)5(17)8(22,23)12(30,31)15(36,37)13(32,33)9(5,24)25/h1H2. The number of ketones is 2. The zero-order valence-corrected chi connectivity index (χ0v) is 16.8. The van der Waals surface area contributed by atoms with Gasteiger partial charge >= 0.3 is 70.6 Å². The van der Waals surface area contributed by atoms with Gasteiger partial charge in [-0.1, -0.05) is 0 Å². The highest BCUT2D eigenvalue weighted by Crippen LogP contribution is 2.72. The number of rotatable bonds is 4. The summed E-state index contributed by atoms with van der Waals surface area (Å²) in [6.45, 7) is 0. The molecule has 0 N–H and O–H groups in total. The molecule has 0 aromatic carbocycles. The monoisotopic (exact) mass is 632 g/mol. The zero-order chi connectivity index (χ0) is 31.9. The van der Waals surface area contributed by atoms with E-state index in [9.17, 15) is 106 Å². The number of carbonyl (C=O) groups excluding carboxylic acids is 2. The van der Waals surface area contributed by atoms with Crippen molar-refractivity contribution in [1.82, 2.24) is 0 Å². The normalized spacial score (nSPS) is 32.6. The molecule has 2 aliphatic carbocycles. The third kappa shape index (κ3) is 2.76.